The average molecular weight is 358 g/mol. The summed E-state index contributed by atoms with van der Waals surface area (Å²) in [6.07, 6.45) is 0. The summed E-state index contributed by atoms with van der Waals surface area (Å²) in [5.41, 5.74) is 8.78. The van der Waals surface area contributed by atoms with Gasteiger partial charge in [0.1, 0.15) is 0 Å². The predicted octanol–water partition coefficient (Wildman–Crippen LogP) is 3.50. The van der Waals surface area contributed by atoms with Gasteiger partial charge in [-0.25, -0.2) is 0 Å². The third-order valence-electron chi connectivity index (χ3n) is 2.29. The van der Waals surface area contributed by atoms with Crippen LogP contribution in [0.25, 0.3) is 0 Å². The average Bonchev–Trinajstić information content (AvgIpc) is 2.70. The maximum Gasteiger partial charge on any atom is 0.256 e. The van der Waals surface area contributed by atoms with Gasteiger partial charge in [0.15, 0.2) is 0 Å². The van der Waals surface area contributed by atoms with E-state index in [2.05, 4.69) is 27.9 Å². The molecule has 0 bridgehead atoms. The highest BCUT2D eigenvalue weighted by Crippen LogP contribution is 2.22. The maximum absolute atomic E-state index is 11.9. The summed E-state index contributed by atoms with van der Waals surface area (Å²) in [6, 6.07) is 7.43. The first kappa shape index (κ1) is 12.4. The zero-order valence-corrected chi connectivity index (χ0v) is 12.1. The fraction of sp³-hybridized carbons (Fsp3) is 0.0833. The second-order valence-corrected chi connectivity index (χ2v) is 6.49. The summed E-state index contributed by atoms with van der Waals surface area (Å²) >= 11 is 3.74. The molecule has 5 heteroatoms. The first-order chi connectivity index (χ1) is 8.06. The number of thiophene rings is 1. The number of aryl methyl sites for hydroxylation is 1. The Kier molecular flexibility index (Phi) is 3.68. The molecule has 1 aromatic heterocycles. The highest BCUT2D eigenvalue weighted by molar-refractivity contribution is 14.1. The summed E-state index contributed by atoms with van der Waals surface area (Å²) in [5, 5.41) is 4.66. The van der Waals surface area contributed by atoms with Gasteiger partial charge >= 0.3 is 0 Å². The highest BCUT2D eigenvalue weighted by atomic mass is 127. The second-order valence-electron chi connectivity index (χ2n) is 3.68. The van der Waals surface area contributed by atoms with Crippen molar-refractivity contribution >= 4 is 51.2 Å². The number of hydrogen-bond donors (Lipinski definition) is 2. The molecule has 3 N–H and O–H groups in total. The molecule has 0 spiro atoms. The van der Waals surface area contributed by atoms with E-state index in [1.165, 1.54) is 0 Å². The van der Waals surface area contributed by atoms with Crippen LogP contribution in [0.2, 0.25) is 0 Å². The fourth-order valence-corrected chi connectivity index (χ4v) is 2.73. The van der Waals surface area contributed by atoms with Crippen LogP contribution in [0, 0.1) is 9.81 Å². The Morgan fingerprint density at radius 2 is 2.18 bits per heavy atom. The molecule has 0 fully saturated rings. The number of nitrogens with two attached hydrogens (primary N) is 1. The summed E-state index contributed by atoms with van der Waals surface area (Å²) in [4.78, 5) is 11.9. The smallest absolute Gasteiger partial charge is 0.256 e. The van der Waals surface area contributed by atoms with Gasteiger partial charge in [-0.2, -0.15) is 0 Å². The van der Waals surface area contributed by atoms with Gasteiger partial charge in [0.05, 0.1) is 19.8 Å². The summed E-state index contributed by atoms with van der Waals surface area (Å²) in [5.74, 6) is -0.124. The van der Waals surface area contributed by atoms with Gasteiger partial charge in [0, 0.05) is 5.38 Å². The molecular weight excluding hydrogens is 347 g/mol. The Hall–Kier alpha value is -1.08. The van der Waals surface area contributed by atoms with E-state index in [0.717, 1.165) is 8.45 Å². The topological polar surface area (TPSA) is 55.1 Å². The zero-order chi connectivity index (χ0) is 12.4. The Morgan fingerprint density at radius 1 is 1.41 bits per heavy atom. The number of nitrogen functional groups attached to an aromatic ring is 1. The van der Waals surface area contributed by atoms with Crippen molar-refractivity contribution in [2.45, 2.75) is 6.92 Å². The third-order valence-corrected chi connectivity index (χ3v) is 4.08. The van der Waals surface area contributed by atoms with Gasteiger partial charge < -0.3 is 11.1 Å². The predicted molar refractivity (Wildman–Crippen MR) is 80.6 cm³/mol. The van der Waals surface area contributed by atoms with E-state index < -0.39 is 0 Å². The molecule has 0 unspecified atom stereocenters. The Morgan fingerprint density at radius 3 is 2.82 bits per heavy atom. The Balaban J connectivity index is 2.21. The molecule has 2 rings (SSSR count). The van der Waals surface area contributed by atoms with Crippen LogP contribution in [0.15, 0.2) is 29.6 Å². The van der Waals surface area contributed by atoms with E-state index in [1.807, 2.05) is 30.5 Å². The largest absolute Gasteiger partial charge is 0.397 e. The lowest BCUT2D eigenvalue weighted by Crippen LogP contribution is -2.12. The van der Waals surface area contributed by atoms with Crippen molar-refractivity contribution in [1.82, 2.24) is 0 Å². The first-order valence-electron chi connectivity index (χ1n) is 4.98. The summed E-state index contributed by atoms with van der Waals surface area (Å²) in [7, 11) is 0. The highest BCUT2D eigenvalue weighted by Gasteiger charge is 2.09. The van der Waals surface area contributed by atoms with Crippen molar-refractivity contribution < 1.29 is 4.79 Å². The monoisotopic (exact) mass is 358 g/mol. The number of carbonyl (C=O) groups excluding carboxylic acids is 1. The van der Waals surface area contributed by atoms with Crippen LogP contribution in [0.3, 0.4) is 0 Å². The van der Waals surface area contributed by atoms with E-state index in [9.17, 15) is 4.79 Å². The number of halogens is 1. The van der Waals surface area contributed by atoms with Gasteiger partial charge in [0.2, 0.25) is 0 Å². The molecule has 0 saturated heterocycles. The molecule has 0 atom stereocenters. The van der Waals surface area contributed by atoms with Gasteiger partial charge in [-0.05, 0) is 53.3 Å². The second kappa shape index (κ2) is 5.05. The number of anilines is 2. The molecule has 0 aliphatic carbocycles. The van der Waals surface area contributed by atoms with E-state index in [0.29, 0.717) is 16.9 Å². The van der Waals surface area contributed by atoms with Crippen LogP contribution < -0.4 is 11.1 Å². The van der Waals surface area contributed by atoms with Crippen molar-refractivity contribution in [3.8, 4) is 0 Å². The number of rotatable bonds is 2. The summed E-state index contributed by atoms with van der Waals surface area (Å²) in [6.45, 7) is 1.96. The van der Waals surface area contributed by atoms with Crippen LogP contribution in [0.4, 0.5) is 11.4 Å². The molecule has 1 heterocycles. The van der Waals surface area contributed by atoms with Crippen molar-refractivity contribution in [3.63, 3.8) is 0 Å². The van der Waals surface area contributed by atoms with Crippen LogP contribution in [-0.4, -0.2) is 5.91 Å². The lowest BCUT2D eigenvalue weighted by molar-refractivity contribution is 0.102. The molecule has 2 aromatic rings. The Labute approximate surface area is 117 Å². The third kappa shape index (κ3) is 2.98. The normalized spacial score (nSPS) is 10.2. The van der Waals surface area contributed by atoms with Crippen molar-refractivity contribution in [3.05, 3.63) is 43.7 Å². The lowest BCUT2D eigenvalue weighted by Gasteiger charge is -2.08. The number of nitrogens with one attached hydrogen (secondary N) is 1. The van der Waals surface area contributed by atoms with Crippen LogP contribution in [-0.2, 0) is 0 Å². The zero-order valence-electron chi connectivity index (χ0n) is 9.16. The molecule has 0 aliphatic rings. The molecular formula is C12H11IN2OS. The minimum absolute atomic E-state index is 0.124. The molecule has 17 heavy (non-hydrogen) atoms. The van der Waals surface area contributed by atoms with Gasteiger partial charge in [0.25, 0.3) is 5.91 Å². The van der Waals surface area contributed by atoms with Gasteiger partial charge in [-0.15, -0.1) is 11.3 Å². The molecule has 88 valence electrons. The fourth-order valence-electron chi connectivity index (χ4n) is 1.40. The maximum atomic E-state index is 11.9. The molecule has 0 saturated carbocycles. The van der Waals surface area contributed by atoms with E-state index in [-0.39, 0.29) is 5.91 Å². The number of hydrogen-bond acceptors (Lipinski definition) is 3. The molecule has 0 radical (unpaired) electrons. The minimum Gasteiger partial charge on any atom is -0.397 e. The van der Waals surface area contributed by atoms with E-state index in [1.54, 1.807) is 17.4 Å². The summed E-state index contributed by atoms with van der Waals surface area (Å²) < 4.78 is 1.09. The molecule has 3 nitrogen and oxygen atoms in total. The van der Waals surface area contributed by atoms with Gasteiger partial charge in [-0.3, -0.25) is 4.79 Å². The molecule has 0 aliphatic heterocycles. The van der Waals surface area contributed by atoms with Crippen molar-refractivity contribution in [2.24, 2.45) is 0 Å². The van der Waals surface area contributed by atoms with Gasteiger partial charge in [-0.1, -0.05) is 6.07 Å². The van der Waals surface area contributed by atoms with Crippen molar-refractivity contribution in [1.29, 1.82) is 0 Å². The lowest BCUT2D eigenvalue weighted by atomic mass is 10.2. The standard InChI is InChI=1S/C12H11IN2OS/c1-7-2-3-9(14)10(4-7)15-12(16)8-5-11(13)17-6-8/h2-6H,14H2,1H3,(H,15,16). The van der Waals surface area contributed by atoms with Crippen molar-refractivity contribution in [2.75, 3.05) is 11.1 Å². The molecule has 1 aromatic carbocycles. The number of benzene rings is 1. The SMILES string of the molecule is Cc1ccc(N)c(NC(=O)c2csc(I)c2)c1. The van der Waals surface area contributed by atoms with Crippen LogP contribution >= 0.6 is 33.9 Å². The number of amides is 1. The minimum atomic E-state index is -0.124. The Bertz CT molecular complexity index is 565. The quantitative estimate of drug-likeness (QED) is 0.638. The van der Waals surface area contributed by atoms with E-state index in [4.69, 9.17) is 5.73 Å². The van der Waals surface area contributed by atoms with E-state index >= 15 is 0 Å². The van der Waals surface area contributed by atoms with Crippen LogP contribution in [0.1, 0.15) is 15.9 Å². The van der Waals surface area contributed by atoms with Crippen LogP contribution in [0.5, 0.6) is 0 Å². The molecule has 1 amide bonds. The first-order valence-corrected chi connectivity index (χ1v) is 6.93. The number of carbonyl (C=O) groups is 1.